The van der Waals surface area contributed by atoms with E-state index in [0.717, 1.165) is 29.8 Å². The largest absolute Gasteiger partial charge is 0.473 e. The molecule has 24 heavy (non-hydrogen) atoms. The molecule has 0 spiro atoms. The number of hydrogen-bond donors (Lipinski definition) is 0. The number of benzene rings is 1. The number of amides is 1. The van der Waals surface area contributed by atoms with Crippen LogP contribution >= 0.6 is 0 Å². The van der Waals surface area contributed by atoms with E-state index in [4.69, 9.17) is 14.2 Å². The first-order valence-corrected chi connectivity index (χ1v) is 8.61. The summed E-state index contributed by atoms with van der Waals surface area (Å²) in [6.07, 6.45) is 1.80. The summed E-state index contributed by atoms with van der Waals surface area (Å²) in [7, 11) is 3.27. The minimum Gasteiger partial charge on any atom is -0.473 e. The Morgan fingerprint density at radius 1 is 1.17 bits per heavy atom. The van der Waals surface area contributed by atoms with Gasteiger partial charge in [-0.15, -0.1) is 0 Å². The number of unbranched alkanes of at least 4 members (excludes halogenated alkanes) is 1. The number of nitrogens with zero attached hydrogens (tertiary/aromatic N) is 1. The maximum atomic E-state index is 12.9. The van der Waals surface area contributed by atoms with E-state index in [9.17, 15) is 4.79 Å². The zero-order valence-corrected chi connectivity index (χ0v) is 15.8. The lowest BCUT2D eigenvalue weighted by atomic mass is 10.0. The highest BCUT2D eigenvalue weighted by Crippen LogP contribution is 2.38. The van der Waals surface area contributed by atoms with Crippen molar-refractivity contribution in [2.24, 2.45) is 0 Å². The highest BCUT2D eigenvalue weighted by Gasteiger charge is 2.44. The smallest absolute Gasteiger partial charge is 0.273 e. The Kier molecular flexibility index (Phi) is 8.22. The van der Waals surface area contributed by atoms with Gasteiger partial charge in [-0.05, 0) is 44.4 Å². The van der Waals surface area contributed by atoms with E-state index in [1.54, 1.807) is 21.1 Å². The van der Waals surface area contributed by atoms with E-state index < -0.39 is 5.60 Å². The molecule has 1 aromatic carbocycles. The van der Waals surface area contributed by atoms with Gasteiger partial charge in [0.05, 0.1) is 12.3 Å². The SMILES string of the molecule is CC.COCCCCN1C(=O)C(C)(COC)Oc2ccc(C)cc21. The van der Waals surface area contributed by atoms with Crippen molar-refractivity contribution in [3.05, 3.63) is 23.8 Å². The van der Waals surface area contributed by atoms with Gasteiger partial charge in [0.25, 0.3) is 5.91 Å². The zero-order valence-electron chi connectivity index (χ0n) is 15.8. The molecule has 1 unspecified atom stereocenters. The highest BCUT2D eigenvalue weighted by atomic mass is 16.5. The standard InChI is InChI=1S/C17H25NO4.C2H6/c1-13-7-8-15-14(11-13)18(9-5-6-10-20-3)16(19)17(2,22-15)12-21-4;1-2/h7-8,11H,5-6,9-10,12H2,1-4H3;1-2H3. The topological polar surface area (TPSA) is 48.0 Å². The van der Waals surface area contributed by atoms with Gasteiger partial charge in [0.1, 0.15) is 5.75 Å². The quantitative estimate of drug-likeness (QED) is 0.714. The lowest BCUT2D eigenvalue weighted by molar-refractivity contribution is -0.138. The second-order valence-electron chi connectivity index (χ2n) is 5.89. The lowest BCUT2D eigenvalue weighted by Gasteiger charge is -2.40. The van der Waals surface area contributed by atoms with Crippen LogP contribution in [0.5, 0.6) is 5.75 Å². The number of methoxy groups -OCH3 is 2. The van der Waals surface area contributed by atoms with Gasteiger partial charge in [-0.3, -0.25) is 4.79 Å². The summed E-state index contributed by atoms with van der Waals surface area (Å²) in [6.45, 7) is 9.38. The first-order chi connectivity index (χ1) is 11.5. The number of carbonyl (C=O) groups excluding carboxylic acids is 1. The molecule has 0 saturated carbocycles. The van der Waals surface area contributed by atoms with Crippen molar-refractivity contribution in [3.8, 4) is 5.75 Å². The number of ether oxygens (including phenoxy) is 3. The van der Waals surface area contributed by atoms with E-state index in [-0.39, 0.29) is 12.5 Å². The predicted octanol–water partition coefficient (Wildman–Crippen LogP) is 3.58. The van der Waals surface area contributed by atoms with E-state index in [1.807, 2.05) is 43.9 Å². The van der Waals surface area contributed by atoms with Gasteiger partial charge in [-0.1, -0.05) is 19.9 Å². The Morgan fingerprint density at radius 2 is 1.88 bits per heavy atom. The van der Waals surface area contributed by atoms with Crippen molar-refractivity contribution in [2.45, 2.75) is 46.1 Å². The van der Waals surface area contributed by atoms with Crippen LogP contribution < -0.4 is 9.64 Å². The fourth-order valence-electron chi connectivity index (χ4n) is 2.71. The molecular weight excluding hydrogens is 306 g/mol. The van der Waals surface area contributed by atoms with Crippen molar-refractivity contribution in [1.82, 2.24) is 0 Å². The van der Waals surface area contributed by atoms with E-state index in [1.165, 1.54) is 0 Å². The molecule has 0 bridgehead atoms. The molecule has 1 aliphatic rings. The number of carbonyl (C=O) groups is 1. The number of rotatable bonds is 7. The third-order valence-corrected chi connectivity index (χ3v) is 3.84. The molecule has 0 aliphatic carbocycles. The van der Waals surface area contributed by atoms with Crippen molar-refractivity contribution in [1.29, 1.82) is 0 Å². The zero-order chi connectivity index (χ0) is 18.2. The molecule has 1 aromatic rings. The average molecular weight is 337 g/mol. The van der Waals surface area contributed by atoms with Gasteiger partial charge in [0.15, 0.2) is 0 Å². The summed E-state index contributed by atoms with van der Waals surface area (Å²) < 4.78 is 16.2. The van der Waals surface area contributed by atoms with Gasteiger partial charge in [0, 0.05) is 27.4 Å². The first-order valence-electron chi connectivity index (χ1n) is 8.61. The van der Waals surface area contributed by atoms with Crippen LogP contribution in [0, 0.1) is 6.92 Å². The van der Waals surface area contributed by atoms with Gasteiger partial charge in [-0.25, -0.2) is 0 Å². The van der Waals surface area contributed by atoms with E-state index in [2.05, 4.69) is 0 Å². The molecule has 0 fully saturated rings. The monoisotopic (exact) mass is 337 g/mol. The number of fused-ring (bicyclic) bond motifs is 1. The van der Waals surface area contributed by atoms with Gasteiger partial charge in [0.2, 0.25) is 5.60 Å². The molecule has 0 radical (unpaired) electrons. The highest BCUT2D eigenvalue weighted by molar-refractivity contribution is 6.02. The van der Waals surface area contributed by atoms with Crippen LogP contribution in [0.25, 0.3) is 0 Å². The molecule has 2 rings (SSSR count). The number of anilines is 1. The summed E-state index contributed by atoms with van der Waals surface area (Å²) >= 11 is 0. The molecule has 5 heteroatoms. The van der Waals surface area contributed by atoms with Crippen molar-refractivity contribution in [2.75, 3.05) is 38.9 Å². The Morgan fingerprint density at radius 3 is 2.50 bits per heavy atom. The summed E-state index contributed by atoms with van der Waals surface area (Å²) in [5, 5.41) is 0. The minimum absolute atomic E-state index is 0.0510. The predicted molar refractivity (Wildman–Crippen MR) is 96.9 cm³/mol. The number of aryl methyl sites for hydroxylation is 1. The van der Waals surface area contributed by atoms with Crippen molar-refractivity contribution < 1.29 is 19.0 Å². The second kappa shape index (κ2) is 9.64. The molecule has 0 N–H and O–H groups in total. The molecule has 1 atom stereocenters. The van der Waals surface area contributed by atoms with Crippen LogP contribution in [0.15, 0.2) is 18.2 Å². The summed E-state index contributed by atoms with van der Waals surface area (Å²) in [5.74, 6) is 0.682. The van der Waals surface area contributed by atoms with Crippen molar-refractivity contribution >= 4 is 11.6 Å². The van der Waals surface area contributed by atoms with Crippen LogP contribution in [0.3, 0.4) is 0 Å². The Labute approximate surface area is 145 Å². The Hall–Kier alpha value is -1.59. The third kappa shape index (κ3) is 4.71. The van der Waals surface area contributed by atoms with Gasteiger partial charge >= 0.3 is 0 Å². The van der Waals surface area contributed by atoms with Crippen LogP contribution in [0.2, 0.25) is 0 Å². The molecule has 1 aliphatic heterocycles. The minimum atomic E-state index is -0.974. The fourth-order valence-corrected chi connectivity index (χ4v) is 2.71. The first kappa shape index (κ1) is 20.5. The summed E-state index contributed by atoms with van der Waals surface area (Å²) in [4.78, 5) is 14.7. The Balaban J connectivity index is 0.00000139. The van der Waals surface area contributed by atoms with Gasteiger partial charge < -0.3 is 19.1 Å². The second-order valence-corrected chi connectivity index (χ2v) is 5.89. The maximum Gasteiger partial charge on any atom is 0.273 e. The third-order valence-electron chi connectivity index (χ3n) is 3.84. The normalized spacial score (nSPS) is 19.2. The van der Waals surface area contributed by atoms with Crippen LogP contribution in [0.4, 0.5) is 5.69 Å². The molecule has 1 heterocycles. The molecule has 0 aromatic heterocycles. The molecule has 1 amide bonds. The lowest BCUT2D eigenvalue weighted by Crippen LogP contribution is -2.57. The van der Waals surface area contributed by atoms with E-state index in [0.29, 0.717) is 13.2 Å². The average Bonchev–Trinajstić information content (AvgIpc) is 2.57. The summed E-state index contributed by atoms with van der Waals surface area (Å²) in [6, 6.07) is 5.91. The fraction of sp³-hybridized carbons (Fsp3) is 0.632. The van der Waals surface area contributed by atoms with Crippen LogP contribution in [-0.4, -0.2) is 45.5 Å². The Bertz CT molecular complexity index is 532. The number of hydrogen-bond acceptors (Lipinski definition) is 4. The molecule has 136 valence electrons. The maximum absolute atomic E-state index is 12.9. The molecule has 5 nitrogen and oxygen atoms in total. The van der Waals surface area contributed by atoms with Crippen LogP contribution in [0.1, 0.15) is 39.2 Å². The van der Waals surface area contributed by atoms with Crippen molar-refractivity contribution in [3.63, 3.8) is 0 Å². The molecule has 0 saturated heterocycles. The molecular formula is C19H31NO4. The van der Waals surface area contributed by atoms with Crippen LogP contribution in [-0.2, 0) is 14.3 Å². The van der Waals surface area contributed by atoms with E-state index >= 15 is 0 Å². The summed E-state index contributed by atoms with van der Waals surface area (Å²) in [5.41, 5.74) is 0.974. The van der Waals surface area contributed by atoms with Gasteiger partial charge in [-0.2, -0.15) is 0 Å².